The molecule has 1 unspecified atom stereocenters. The van der Waals surface area contributed by atoms with Crippen molar-refractivity contribution in [3.05, 3.63) is 65.7 Å². The topological polar surface area (TPSA) is 64.3 Å². The molecule has 1 amide bonds. The van der Waals surface area contributed by atoms with Crippen molar-refractivity contribution in [2.75, 3.05) is 7.11 Å². The molecule has 0 spiro atoms. The molecule has 2 rings (SSSR count). The monoisotopic (exact) mass is 284 g/mol. The molecule has 4 nitrogen and oxygen atoms in total. The number of carbonyl (C=O) groups is 1. The molecule has 110 valence electrons. The van der Waals surface area contributed by atoms with Gasteiger partial charge in [-0.15, -0.1) is 0 Å². The van der Waals surface area contributed by atoms with Gasteiger partial charge < -0.3 is 15.8 Å². The van der Waals surface area contributed by atoms with Crippen LogP contribution >= 0.6 is 0 Å². The second-order valence-corrected chi connectivity index (χ2v) is 4.86. The number of carbonyl (C=O) groups excluding carboxylic acids is 1. The molecule has 0 bridgehead atoms. The Hall–Kier alpha value is -2.33. The molecule has 0 aliphatic rings. The molecule has 0 aliphatic carbocycles. The maximum absolute atomic E-state index is 12.2. The van der Waals surface area contributed by atoms with E-state index >= 15 is 0 Å². The van der Waals surface area contributed by atoms with E-state index in [2.05, 4.69) is 5.32 Å². The highest BCUT2D eigenvalue weighted by Gasteiger charge is 2.19. The van der Waals surface area contributed by atoms with Gasteiger partial charge in [0.15, 0.2) is 0 Å². The normalized spacial score (nSPS) is 13.3. The largest absolute Gasteiger partial charge is 0.496 e. The van der Waals surface area contributed by atoms with Gasteiger partial charge in [0.2, 0.25) is 5.91 Å². The third-order valence-corrected chi connectivity index (χ3v) is 3.41. The standard InChI is InChI=1S/C17H20N2O2/c1-12(14-10-6-7-11-15(14)21-2)19-17(20)16(18)13-8-4-3-5-9-13/h3-12,16H,18H2,1-2H3,(H,19,20)/t12-,16?/m1/s1. The van der Waals surface area contributed by atoms with Gasteiger partial charge in [0.05, 0.1) is 13.2 Å². The first kappa shape index (κ1) is 15.1. The molecule has 2 atom stereocenters. The number of rotatable bonds is 5. The van der Waals surface area contributed by atoms with Gasteiger partial charge in [-0.05, 0) is 18.6 Å². The zero-order valence-corrected chi connectivity index (χ0v) is 12.2. The Balaban J connectivity index is 2.09. The van der Waals surface area contributed by atoms with E-state index in [1.54, 1.807) is 7.11 Å². The molecule has 0 radical (unpaired) electrons. The van der Waals surface area contributed by atoms with Gasteiger partial charge in [0, 0.05) is 5.56 Å². The van der Waals surface area contributed by atoms with Gasteiger partial charge in [-0.2, -0.15) is 0 Å². The SMILES string of the molecule is COc1ccccc1[C@@H](C)NC(=O)C(N)c1ccccc1. The molecule has 0 saturated heterocycles. The number of hydrogen-bond acceptors (Lipinski definition) is 3. The molecule has 0 heterocycles. The molecular weight excluding hydrogens is 264 g/mol. The van der Waals surface area contributed by atoms with E-state index in [9.17, 15) is 4.79 Å². The Kier molecular flexibility index (Phi) is 4.95. The Morgan fingerprint density at radius 1 is 1.10 bits per heavy atom. The third kappa shape index (κ3) is 3.61. The zero-order valence-electron chi connectivity index (χ0n) is 12.2. The Labute approximate surface area is 124 Å². The number of nitrogens with one attached hydrogen (secondary N) is 1. The van der Waals surface area contributed by atoms with Crippen LogP contribution in [-0.2, 0) is 4.79 Å². The van der Waals surface area contributed by atoms with Crippen molar-refractivity contribution < 1.29 is 9.53 Å². The maximum atomic E-state index is 12.2. The Morgan fingerprint density at radius 3 is 2.38 bits per heavy atom. The van der Waals surface area contributed by atoms with Crippen molar-refractivity contribution in [3.63, 3.8) is 0 Å². The first-order valence-corrected chi connectivity index (χ1v) is 6.87. The fourth-order valence-corrected chi connectivity index (χ4v) is 2.22. The highest BCUT2D eigenvalue weighted by Crippen LogP contribution is 2.24. The lowest BCUT2D eigenvalue weighted by Crippen LogP contribution is -2.35. The van der Waals surface area contributed by atoms with Crippen molar-refractivity contribution in [3.8, 4) is 5.75 Å². The predicted octanol–water partition coefficient (Wildman–Crippen LogP) is 2.57. The second-order valence-electron chi connectivity index (χ2n) is 4.86. The summed E-state index contributed by atoms with van der Waals surface area (Å²) in [5, 5.41) is 2.93. The van der Waals surface area contributed by atoms with Gasteiger partial charge in [-0.25, -0.2) is 0 Å². The molecule has 0 aromatic heterocycles. The molecular formula is C17H20N2O2. The smallest absolute Gasteiger partial charge is 0.241 e. The summed E-state index contributed by atoms with van der Waals surface area (Å²) in [5.74, 6) is 0.540. The van der Waals surface area contributed by atoms with Crippen LogP contribution in [0.2, 0.25) is 0 Å². The fourth-order valence-electron chi connectivity index (χ4n) is 2.22. The number of benzene rings is 2. The zero-order chi connectivity index (χ0) is 15.2. The van der Waals surface area contributed by atoms with Crippen molar-refractivity contribution >= 4 is 5.91 Å². The molecule has 2 aromatic rings. The van der Waals surface area contributed by atoms with E-state index in [1.165, 1.54) is 0 Å². The highest BCUT2D eigenvalue weighted by molar-refractivity contribution is 5.83. The van der Waals surface area contributed by atoms with Gasteiger partial charge in [0.25, 0.3) is 0 Å². The van der Waals surface area contributed by atoms with E-state index < -0.39 is 6.04 Å². The Morgan fingerprint density at radius 2 is 1.71 bits per heavy atom. The van der Waals surface area contributed by atoms with Crippen LogP contribution in [0.1, 0.15) is 30.1 Å². The molecule has 3 N–H and O–H groups in total. The first-order chi connectivity index (χ1) is 10.1. The van der Waals surface area contributed by atoms with Gasteiger partial charge >= 0.3 is 0 Å². The lowest BCUT2D eigenvalue weighted by atomic mass is 10.0. The van der Waals surface area contributed by atoms with Gasteiger partial charge in [-0.3, -0.25) is 4.79 Å². The third-order valence-electron chi connectivity index (χ3n) is 3.41. The molecule has 2 aromatic carbocycles. The average molecular weight is 284 g/mol. The van der Waals surface area contributed by atoms with E-state index in [0.29, 0.717) is 0 Å². The van der Waals surface area contributed by atoms with E-state index in [1.807, 2.05) is 61.5 Å². The summed E-state index contributed by atoms with van der Waals surface area (Å²) in [7, 11) is 1.61. The number of hydrogen-bond donors (Lipinski definition) is 2. The molecule has 21 heavy (non-hydrogen) atoms. The maximum Gasteiger partial charge on any atom is 0.241 e. The number of nitrogens with two attached hydrogens (primary N) is 1. The fraction of sp³-hybridized carbons (Fsp3) is 0.235. The first-order valence-electron chi connectivity index (χ1n) is 6.87. The summed E-state index contributed by atoms with van der Waals surface area (Å²) >= 11 is 0. The lowest BCUT2D eigenvalue weighted by Gasteiger charge is -2.20. The average Bonchev–Trinajstić information content (AvgIpc) is 2.54. The quantitative estimate of drug-likeness (QED) is 0.887. The minimum absolute atomic E-state index is 0.177. The molecule has 4 heteroatoms. The van der Waals surface area contributed by atoms with Crippen molar-refractivity contribution in [1.29, 1.82) is 0 Å². The van der Waals surface area contributed by atoms with Crippen LogP contribution in [0.25, 0.3) is 0 Å². The van der Waals surface area contributed by atoms with Gasteiger partial charge in [0.1, 0.15) is 11.8 Å². The van der Waals surface area contributed by atoms with Crippen molar-refractivity contribution in [2.24, 2.45) is 5.73 Å². The minimum Gasteiger partial charge on any atom is -0.496 e. The van der Waals surface area contributed by atoms with Crippen LogP contribution in [0.5, 0.6) is 5.75 Å². The van der Waals surface area contributed by atoms with Crippen LogP contribution in [0, 0.1) is 0 Å². The summed E-state index contributed by atoms with van der Waals surface area (Å²) < 4.78 is 5.31. The molecule has 0 aliphatic heterocycles. The highest BCUT2D eigenvalue weighted by atomic mass is 16.5. The van der Waals surface area contributed by atoms with E-state index in [-0.39, 0.29) is 11.9 Å². The number of ether oxygens (including phenoxy) is 1. The van der Waals surface area contributed by atoms with Crippen LogP contribution < -0.4 is 15.8 Å². The minimum atomic E-state index is -0.677. The van der Waals surface area contributed by atoms with Crippen LogP contribution in [0.3, 0.4) is 0 Å². The summed E-state index contributed by atoms with van der Waals surface area (Å²) in [6.07, 6.45) is 0. The summed E-state index contributed by atoms with van der Waals surface area (Å²) in [6.45, 7) is 1.91. The number of amides is 1. The molecule has 0 saturated carbocycles. The van der Waals surface area contributed by atoms with Crippen LogP contribution in [0.15, 0.2) is 54.6 Å². The summed E-state index contributed by atoms with van der Waals surface area (Å²) in [5.41, 5.74) is 7.71. The Bertz CT molecular complexity index is 599. The van der Waals surface area contributed by atoms with Crippen LogP contribution in [0.4, 0.5) is 0 Å². The number of para-hydroxylation sites is 1. The van der Waals surface area contributed by atoms with Crippen molar-refractivity contribution in [2.45, 2.75) is 19.0 Å². The van der Waals surface area contributed by atoms with Crippen molar-refractivity contribution in [1.82, 2.24) is 5.32 Å². The summed E-state index contributed by atoms with van der Waals surface area (Å²) in [6, 6.07) is 16.1. The van der Waals surface area contributed by atoms with Crippen LogP contribution in [-0.4, -0.2) is 13.0 Å². The lowest BCUT2D eigenvalue weighted by molar-refractivity contribution is -0.123. The second kappa shape index (κ2) is 6.90. The predicted molar refractivity (Wildman–Crippen MR) is 82.9 cm³/mol. The van der Waals surface area contributed by atoms with E-state index in [4.69, 9.17) is 10.5 Å². The number of methoxy groups -OCH3 is 1. The van der Waals surface area contributed by atoms with E-state index in [0.717, 1.165) is 16.9 Å². The summed E-state index contributed by atoms with van der Waals surface area (Å²) in [4.78, 5) is 12.2. The molecule has 0 fully saturated rings. The van der Waals surface area contributed by atoms with Gasteiger partial charge in [-0.1, -0.05) is 48.5 Å².